The highest BCUT2D eigenvalue weighted by atomic mass is 16.5. The molecular formula is C21H32N2O2. The monoisotopic (exact) mass is 344 g/mol. The van der Waals surface area contributed by atoms with Gasteiger partial charge in [0.15, 0.2) is 0 Å². The first kappa shape index (κ1) is 18.2. The molecule has 1 aliphatic carbocycles. The Labute approximate surface area is 151 Å². The van der Waals surface area contributed by atoms with Crippen molar-refractivity contribution in [1.29, 1.82) is 0 Å². The van der Waals surface area contributed by atoms with E-state index in [4.69, 9.17) is 4.74 Å². The lowest BCUT2D eigenvalue weighted by Crippen LogP contribution is -2.44. The average Bonchev–Trinajstić information content (AvgIpc) is 3.10. The van der Waals surface area contributed by atoms with Crippen LogP contribution in [-0.4, -0.2) is 36.5 Å². The maximum absolute atomic E-state index is 12.6. The van der Waals surface area contributed by atoms with E-state index in [-0.39, 0.29) is 11.8 Å². The first-order valence-electron chi connectivity index (χ1n) is 10.0. The fraction of sp³-hybridized carbons (Fsp3) is 0.667. The van der Waals surface area contributed by atoms with Crippen LogP contribution in [0.2, 0.25) is 0 Å². The first-order valence-corrected chi connectivity index (χ1v) is 10.0. The molecule has 1 saturated carbocycles. The van der Waals surface area contributed by atoms with E-state index in [1.807, 2.05) is 13.0 Å². The maximum atomic E-state index is 12.6. The van der Waals surface area contributed by atoms with Crippen molar-refractivity contribution in [2.24, 2.45) is 5.92 Å². The lowest BCUT2D eigenvalue weighted by molar-refractivity contribution is -0.126. The Hall–Kier alpha value is -1.55. The molecule has 2 fully saturated rings. The highest BCUT2D eigenvalue weighted by Gasteiger charge is 2.36. The van der Waals surface area contributed by atoms with Crippen molar-refractivity contribution >= 4 is 5.91 Å². The lowest BCUT2D eigenvalue weighted by Gasteiger charge is -2.33. The number of amides is 1. The topological polar surface area (TPSA) is 41.6 Å². The van der Waals surface area contributed by atoms with Crippen molar-refractivity contribution in [3.8, 4) is 5.75 Å². The van der Waals surface area contributed by atoms with Gasteiger partial charge < -0.3 is 10.1 Å². The van der Waals surface area contributed by atoms with Gasteiger partial charge in [0.05, 0.1) is 12.5 Å². The van der Waals surface area contributed by atoms with Crippen LogP contribution in [0.5, 0.6) is 5.75 Å². The highest BCUT2D eigenvalue weighted by Crippen LogP contribution is 2.33. The van der Waals surface area contributed by atoms with Gasteiger partial charge in [-0.25, -0.2) is 0 Å². The summed E-state index contributed by atoms with van der Waals surface area (Å²) in [5.41, 5.74) is 1.24. The van der Waals surface area contributed by atoms with E-state index in [1.165, 1.54) is 24.8 Å². The minimum Gasteiger partial charge on any atom is -0.494 e. The van der Waals surface area contributed by atoms with Crippen LogP contribution < -0.4 is 10.1 Å². The molecule has 1 saturated heterocycles. The third kappa shape index (κ3) is 4.75. The number of nitrogens with one attached hydrogen (secondary N) is 1. The van der Waals surface area contributed by atoms with Crippen molar-refractivity contribution < 1.29 is 9.53 Å². The summed E-state index contributed by atoms with van der Waals surface area (Å²) in [6.07, 6.45) is 8.10. The Morgan fingerprint density at radius 3 is 2.84 bits per heavy atom. The van der Waals surface area contributed by atoms with Crippen LogP contribution in [0.3, 0.4) is 0 Å². The quantitative estimate of drug-likeness (QED) is 0.904. The number of fused-ring (bicyclic) bond motifs is 1. The maximum Gasteiger partial charge on any atom is 0.224 e. The van der Waals surface area contributed by atoms with Gasteiger partial charge in [0.1, 0.15) is 5.75 Å². The molecule has 1 aromatic rings. The van der Waals surface area contributed by atoms with Crippen molar-refractivity contribution in [1.82, 2.24) is 10.2 Å². The van der Waals surface area contributed by atoms with Crippen LogP contribution in [0.4, 0.5) is 0 Å². The van der Waals surface area contributed by atoms with Crippen LogP contribution in [-0.2, 0) is 11.3 Å². The molecule has 0 unspecified atom stereocenters. The van der Waals surface area contributed by atoms with Gasteiger partial charge in [0.2, 0.25) is 5.91 Å². The lowest BCUT2D eigenvalue weighted by atomic mass is 9.99. The number of hydrogen-bond acceptors (Lipinski definition) is 3. The van der Waals surface area contributed by atoms with Crippen molar-refractivity contribution in [3.05, 3.63) is 29.8 Å². The van der Waals surface area contributed by atoms with Gasteiger partial charge in [0, 0.05) is 24.7 Å². The number of hydrogen-bond donors (Lipinski definition) is 1. The fourth-order valence-corrected chi connectivity index (χ4v) is 4.33. The fourth-order valence-electron chi connectivity index (χ4n) is 4.33. The minimum atomic E-state index is 0.150. The summed E-state index contributed by atoms with van der Waals surface area (Å²) in [4.78, 5) is 15.2. The Morgan fingerprint density at radius 1 is 1.12 bits per heavy atom. The SMILES string of the molecule is CCOc1ccccc1CN1CCCCCCNC(=O)[C@@H]2CCC[C@@H]21. The van der Waals surface area contributed by atoms with Gasteiger partial charge in [0.25, 0.3) is 0 Å². The molecule has 1 heterocycles. The average molecular weight is 344 g/mol. The molecule has 1 amide bonds. The molecule has 0 aromatic heterocycles. The standard InChI is InChI=1S/C21H32N2O2/c1-2-25-20-13-6-5-10-17(20)16-23-15-8-4-3-7-14-22-21(24)18-11-9-12-19(18)23/h5-6,10,13,18-19H,2-4,7-9,11-12,14-16H2,1H3,(H,22,24)/t18-,19+/m1/s1. The molecule has 2 aliphatic rings. The largest absolute Gasteiger partial charge is 0.494 e. The Morgan fingerprint density at radius 2 is 1.96 bits per heavy atom. The molecule has 0 spiro atoms. The molecule has 138 valence electrons. The molecule has 1 aromatic carbocycles. The van der Waals surface area contributed by atoms with E-state index in [9.17, 15) is 4.79 Å². The summed E-state index contributed by atoms with van der Waals surface area (Å²) >= 11 is 0. The summed E-state index contributed by atoms with van der Waals surface area (Å²) in [6, 6.07) is 8.72. The summed E-state index contributed by atoms with van der Waals surface area (Å²) < 4.78 is 5.83. The number of benzene rings is 1. The van der Waals surface area contributed by atoms with E-state index < -0.39 is 0 Å². The van der Waals surface area contributed by atoms with Gasteiger partial charge in [-0.2, -0.15) is 0 Å². The second kappa shape index (κ2) is 9.23. The highest BCUT2D eigenvalue weighted by molar-refractivity contribution is 5.79. The molecule has 3 rings (SSSR count). The smallest absolute Gasteiger partial charge is 0.224 e. The molecule has 1 aliphatic heterocycles. The van der Waals surface area contributed by atoms with Crippen LogP contribution in [0.25, 0.3) is 0 Å². The zero-order valence-electron chi connectivity index (χ0n) is 15.5. The van der Waals surface area contributed by atoms with Gasteiger partial charge in [-0.05, 0) is 45.2 Å². The molecule has 0 radical (unpaired) electrons. The van der Waals surface area contributed by atoms with Crippen LogP contribution >= 0.6 is 0 Å². The van der Waals surface area contributed by atoms with E-state index >= 15 is 0 Å². The molecule has 2 atom stereocenters. The molecule has 4 heteroatoms. The predicted molar refractivity (Wildman–Crippen MR) is 101 cm³/mol. The number of nitrogens with zero attached hydrogens (tertiary/aromatic N) is 1. The van der Waals surface area contributed by atoms with E-state index in [1.54, 1.807) is 0 Å². The van der Waals surface area contributed by atoms with Crippen molar-refractivity contribution in [3.63, 3.8) is 0 Å². The molecule has 4 nitrogen and oxygen atoms in total. The van der Waals surface area contributed by atoms with E-state index in [0.717, 1.165) is 51.1 Å². The number of carbonyl (C=O) groups is 1. The number of para-hydroxylation sites is 1. The summed E-state index contributed by atoms with van der Waals surface area (Å²) in [7, 11) is 0. The normalized spacial score (nSPS) is 25.7. The van der Waals surface area contributed by atoms with Crippen LogP contribution in [0.1, 0.15) is 57.4 Å². The summed E-state index contributed by atoms with van der Waals surface area (Å²) in [6.45, 7) is 5.52. The Kier molecular flexibility index (Phi) is 6.74. The van der Waals surface area contributed by atoms with Gasteiger partial charge in [-0.15, -0.1) is 0 Å². The van der Waals surface area contributed by atoms with Crippen molar-refractivity contribution in [2.45, 2.75) is 64.5 Å². The Balaban J connectivity index is 1.79. The third-order valence-electron chi connectivity index (χ3n) is 5.60. The Bertz CT molecular complexity index is 561. The molecule has 1 N–H and O–H groups in total. The third-order valence-corrected chi connectivity index (χ3v) is 5.60. The van der Waals surface area contributed by atoms with Gasteiger partial charge in [-0.1, -0.05) is 37.5 Å². The minimum absolute atomic E-state index is 0.150. The number of carbonyl (C=O) groups excluding carboxylic acids is 1. The second-order valence-electron chi connectivity index (χ2n) is 7.32. The van der Waals surface area contributed by atoms with Crippen LogP contribution in [0, 0.1) is 5.92 Å². The zero-order valence-corrected chi connectivity index (χ0v) is 15.5. The zero-order chi connectivity index (χ0) is 17.5. The number of ether oxygens (including phenoxy) is 1. The first-order chi connectivity index (χ1) is 12.3. The molecule has 25 heavy (non-hydrogen) atoms. The predicted octanol–water partition coefficient (Wildman–Crippen LogP) is 3.75. The van der Waals surface area contributed by atoms with E-state index in [2.05, 4.69) is 28.4 Å². The van der Waals surface area contributed by atoms with Gasteiger partial charge in [-0.3, -0.25) is 9.69 Å². The summed E-state index contributed by atoms with van der Waals surface area (Å²) in [5.74, 6) is 1.41. The van der Waals surface area contributed by atoms with E-state index in [0.29, 0.717) is 12.6 Å². The second-order valence-corrected chi connectivity index (χ2v) is 7.32. The van der Waals surface area contributed by atoms with Gasteiger partial charge >= 0.3 is 0 Å². The molecular weight excluding hydrogens is 312 g/mol. The van der Waals surface area contributed by atoms with Crippen LogP contribution in [0.15, 0.2) is 24.3 Å². The number of rotatable bonds is 4. The van der Waals surface area contributed by atoms with Crippen molar-refractivity contribution in [2.75, 3.05) is 19.7 Å². The summed E-state index contributed by atoms with van der Waals surface area (Å²) in [5, 5.41) is 3.18. The molecule has 0 bridgehead atoms.